The Bertz CT molecular complexity index is 872. The van der Waals surface area contributed by atoms with Crippen molar-refractivity contribution < 1.29 is 9.53 Å². The van der Waals surface area contributed by atoms with E-state index in [9.17, 15) is 4.79 Å². The molecule has 0 bridgehead atoms. The van der Waals surface area contributed by atoms with Crippen LogP contribution in [0.25, 0.3) is 11.0 Å². The zero-order valence-electron chi connectivity index (χ0n) is 16.4. The van der Waals surface area contributed by atoms with Crippen LogP contribution in [0.5, 0.6) is 0 Å². The summed E-state index contributed by atoms with van der Waals surface area (Å²) < 4.78 is 8.37. The molecule has 1 unspecified atom stereocenters. The van der Waals surface area contributed by atoms with Crippen molar-refractivity contribution in [3.63, 3.8) is 0 Å². The average molecular weight is 368 g/mol. The normalized spacial score (nSPS) is 24.3. The Morgan fingerprint density at radius 3 is 2.89 bits per heavy atom. The fourth-order valence-corrected chi connectivity index (χ4v) is 4.25. The van der Waals surface area contributed by atoms with Gasteiger partial charge < -0.3 is 14.2 Å². The van der Waals surface area contributed by atoms with E-state index in [4.69, 9.17) is 9.72 Å². The summed E-state index contributed by atoms with van der Waals surface area (Å²) >= 11 is 0. The number of amides is 1. The first-order valence-electron chi connectivity index (χ1n) is 9.73. The zero-order chi connectivity index (χ0) is 19.0. The van der Waals surface area contributed by atoms with E-state index in [-0.39, 0.29) is 5.91 Å². The summed E-state index contributed by atoms with van der Waals surface area (Å²) in [5.41, 5.74) is 1.42. The second-order valence-corrected chi connectivity index (χ2v) is 7.90. The number of hydrogen-bond acceptors (Lipinski definition) is 4. The number of ether oxygens (including phenoxy) is 1. The Morgan fingerprint density at radius 1 is 1.26 bits per heavy atom. The molecule has 1 fully saturated rings. The molecule has 2 aliphatic rings. The highest BCUT2D eigenvalue weighted by Gasteiger charge is 2.45. The molecule has 0 radical (unpaired) electrons. The van der Waals surface area contributed by atoms with Crippen LogP contribution in [0, 0.1) is 0 Å². The summed E-state index contributed by atoms with van der Waals surface area (Å²) in [7, 11) is 1.85. The van der Waals surface area contributed by atoms with E-state index in [1.165, 1.54) is 5.52 Å². The predicted molar refractivity (Wildman–Crippen MR) is 105 cm³/mol. The third-order valence-electron chi connectivity index (χ3n) is 5.55. The Labute approximate surface area is 160 Å². The number of imidazole rings is 1. The monoisotopic (exact) mass is 368 g/mol. The fraction of sp³-hybridized carbons (Fsp3) is 0.524. The Kier molecular flexibility index (Phi) is 4.78. The van der Waals surface area contributed by atoms with Crippen molar-refractivity contribution in [1.82, 2.24) is 19.4 Å². The van der Waals surface area contributed by atoms with E-state index in [1.54, 1.807) is 4.90 Å². The predicted octanol–water partition coefficient (Wildman–Crippen LogP) is 2.61. The van der Waals surface area contributed by atoms with Crippen LogP contribution in [-0.2, 0) is 16.1 Å². The number of fused-ring (bicyclic) bond motifs is 1. The number of carbonyl (C=O) groups excluding carboxylic acids is 1. The Balaban J connectivity index is 1.62. The minimum Gasteiger partial charge on any atom is -0.362 e. The minimum absolute atomic E-state index is 0.0783. The third-order valence-corrected chi connectivity index (χ3v) is 5.55. The van der Waals surface area contributed by atoms with Crippen LogP contribution < -0.4 is 0 Å². The lowest BCUT2D eigenvalue weighted by Gasteiger charge is -2.42. The highest BCUT2D eigenvalue weighted by Crippen LogP contribution is 2.29. The SMILES string of the molecule is CC(C)n1c(CN2CCOC3(CC=CCN(C)C3=O)C2)nc2ccccc21. The van der Waals surface area contributed by atoms with Crippen LogP contribution in [0.4, 0.5) is 0 Å². The summed E-state index contributed by atoms with van der Waals surface area (Å²) in [5, 5.41) is 0. The van der Waals surface area contributed by atoms with Crippen molar-refractivity contribution in [1.29, 1.82) is 0 Å². The molecule has 1 aromatic heterocycles. The first kappa shape index (κ1) is 18.2. The second-order valence-electron chi connectivity index (χ2n) is 7.90. The quantitative estimate of drug-likeness (QED) is 0.782. The molecule has 1 saturated heterocycles. The molecule has 2 aromatic rings. The summed E-state index contributed by atoms with van der Waals surface area (Å²) in [4.78, 5) is 21.9. The smallest absolute Gasteiger partial charge is 0.256 e. The van der Waals surface area contributed by atoms with E-state index in [2.05, 4.69) is 47.6 Å². The lowest BCUT2D eigenvalue weighted by molar-refractivity contribution is -0.168. The molecule has 0 saturated carbocycles. The maximum Gasteiger partial charge on any atom is 0.256 e. The molecule has 3 heterocycles. The molecule has 1 amide bonds. The van der Waals surface area contributed by atoms with Crippen LogP contribution in [0.2, 0.25) is 0 Å². The number of carbonyl (C=O) groups is 1. The molecule has 0 aliphatic carbocycles. The van der Waals surface area contributed by atoms with E-state index in [0.29, 0.717) is 32.2 Å². The van der Waals surface area contributed by atoms with E-state index in [1.807, 2.05) is 19.2 Å². The van der Waals surface area contributed by atoms with Crippen molar-refractivity contribution in [2.45, 2.75) is 38.5 Å². The fourth-order valence-electron chi connectivity index (χ4n) is 4.25. The Hall–Kier alpha value is -2.18. The molecule has 6 heteroatoms. The molecule has 1 spiro atoms. The molecule has 6 nitrogen and oxygen atoms in total. The summed E-state index contributed by atoms with van der Waals surface area (Å²) in [6, 6.07) is 8.60. The number of para-hydroxylation sites is 2. The summed E-state index contributed by atoms with van der Waals surface area (Å²) in [6.45, 7) is 7.71. The summed E-state index contributed by atoms with van der Waals surface area (Å²) in [5.74, 6) is 1.13. The molecule has 144 valence electrons. The van der Waals surface area contributed by atoms with Gasteiger partial charge in [-0.15, -0.1) is 0 Å². The van der Waals surface area contributed by atoms with Crippen molar-refractivity contribution in [2.24, 2.45) is 0 Å². The Morgan fingerprint density at radius 2 is 2.07 bits per heavy atom. The van der Waals surface area contributed by atoms with Gasteiger partial charge in [-0.25, -0.2) is 4.98 Å². The van der Waals surface area contributed by atoms with Gasteiger partial charge in [0.05, 0.1) is 24.2 Å². The lowest BCUT2D eigenvalue weighted by atomic mass is 9.95. The van der Waals surface area contributed by atoms with Gasteiger partial charge in [-0.2, -0.15) is 0 Å². The van der Waals surface area contributed by atoms with Crippen molar-refractivity contribution >= 4 is 16.9 Å². The minimum atomic E-state index is -0.769. The van der Waals surface area contributed by atoms with Gasteiger partial charge in [0.15, 0.2) is 5.60 Å². The number of likely N-dealkylation sites (N-methyl/N-ethyl adjacent to an activating group) is 1. The lowest BCUT2D eigenvalue weighted by Crippen LogP contribution is -2.59. The maximum absolute atomic E-state index is 12.9. The first-order valence-corrected chi connectivity index (χ1v) is 9.73. The van der Waals surface area contributed by atoms with Crippen molar-refractivity contribution in [3.05, 3.63) is 42.2 Å². The first-order chi connectivity index (χ1) is 13.0. The van der Waals surface area contributed by atoms with Gasteiger partial charge in [0.1, 0.15) is 5.82 Å². The van der Waals surface area contributed by atoms with Gasteiger partial charge >= 0.3 is 0 Å². The highest BCUT2D eigenvalue weighted by atomic mass is 16.5. The molecule has 0 N–H and O–H groups in total. The van der Waals surface area contributed by atoms with Crippen LogP contribution in [0.3, 0.4) is 0 Å². The van der Waals surface area contributed by atoms with Crippen LogP contribution in [0.15, 0.2) is 36.4 Å². The molecule has 4 rings (SSSR count). The maximum atomic E-state index is 12.9. The van der Waals surface area contributed by atoms with Crippen LogP contribution in [0.1, 0.15) is 32.1 Å². The van der Waals surface area contributed by atoms with Gasteiger partial charge in [-0.1, -0.05) is 24.3 Å². The molecule has 2 aliphatic heterocycles. The zero-order valence-corrected chi connectivity index (χ0v) is 16.4. The summed E-state index contributed by atoms with van der Waals surface area (Å²) in [6.07, 6.45) is 4.76. The van der Waals surface area contributed by atoms with Crippen LogP contribution >= 0.6 is 0 Å². The second kappa shape index (κ2) is 7.09. The number of nitrogens with zero attached hydrogens (tertiary/aromatic N) is 4. The van der Waals surface area contributed by atoms with Crippen molar-refractivity contribution in [3.8, 4) is 0 Å². The number of benzene rings is 1. The topological polar surface area (TPSA) is 50.6 Å². The van der Waals surface area contributed by atoms with Gasteiger partial charge in [0, 0.05) is 39.1 Å². The molecule has 27 heavy (non-hydrogen) atoms. The highest BCUT2D eigenvalue weighted by molar-refractivity contribution is 5.86. The molecule has 1 atom stereocenters. The standard InChI is InChI=1S/C21H28N4O2/c1-16(2)25-18-9-5-4-8-17(18)22-19(25)14-24-12-13-27-21(15-24)10-6-7-11-23(3)20(21)26/h4-9,16H,10-15H2,1-3H3. The largest absolute Gasteiger partial charge is 0.362 e. The van der Waals surface area contributed by atoms with Gasteiger partial charge in [0.25, 0.3) is 5.91 Å². The van der Waals surface area contributed by atoms with E-state index < -0.39 is 5.60 Å². The van der Waals surface area contributed by atoms with E-state index in [0.717, 1.165) is 24.4 Å². The molecule has 1 aromatic carbocycles. The van der Waals surface area contributed by atoms with Gasteiger partial charge in [-0.3, -0.25) is 9.69 Å². The van der Waals surface area contributed by atoms with Crippen LogP contribution in [-0.4, -0.2) is 64.1 Å². The van der Waals surface area contributed by atoms with Gasteiger partial charge in [0.2, 0.25) is 0 Å². The molecular formula is C21H28N4O2. The van der Waals surface area contributed by atoms with Gasteiger partial charge in [-0.05, 0) is 26.0 Å². The number of rotatable bonds is 3. The number of hydrogen-bond donors (Lipinski definition) is 0. The van der Waals surface area contributed by atoms with Crippen molar-refractivity contribution in [2.75, 3.05) is 33.3 Å². The number of morpholine rings is 1. The average Bonchev–Trinajstić information content (AvgIpc) is 2.96. The van der Waals surface area contributed by atoms with E-state index >= 15 is 0 Å². The molecular weight excluding hydrogens is 340 g/mol. The number of aromatic nitrogens is 2. The third kappa shape index (κ3) is 3.28.